The summed E-state index contributed by atoms with van der Waals surface area (Å²) in [6.07, 6.45) is 0.933. The average Bonchev–Trinajstić information content (AvgIpc) is 2.95. The molecule has 2 heterocycles. The molecule has 0 radical (unpaired) electrons. The zero-order valence-electron chi connectivity index (χ0n) is 13.8. The summed E-state index contributed by atoms with van der Waals surface area (Å²) < 4.78 is 26.7. The fourth-order valence-corrected chi connectivity index (χ4v) is 3.14. The molecular formula is C17H21ClF2N4O. The summed E-state index contributed by atoms with van der Waals surface area (Å²) in [7, 11) is 0. The lowest BCUT2D eigenvalue weighted by Crippen LogP contribution is -2.50. The summed E-state index contributed by atoms with van der Waals surface area (Å²) in [5.41, 5.74) is 2.28. The van der Waals surface area contributed by atoms with Gasteiger partial charge in [-0.25, -0.2) is 8.78 Å². The lowest BCUT2D eigenvalue weighted by atomic mass is 9.86. The molecule has 0 aliphatic carbocycles. The average molecular weight is 371 g/mol. The molecule has 1 aliphatic heterocycles. The molecule has 1 aromatic heterocycles. The zero-order valence-corrected chi connectivity index (χ0v) is 14.6. The molecular weight excluding hydrogens is 350 g/mol. The summed E-state index contributed by atoms with van der Waals surface area (Å²) in [6, 6.07) is 5.60. The first kappa shape index (κ1) is 19.3. The summed E-state index contributed by atoms with van der Waals surface area (Å²) in [4.78, 5) is 12.3. The molecule has 1 saturated heterocycles. The van der Waals surface area contributed by atoms with Crippen molar-refractivity contribution in [1.29, 1.82) is 0 Å². The van der Waals surface area contributed by atoms with Crippen molar-refractivity contribution >= 4 is 18.3 Å². The number of amides is 1. The van der Waals surface area contributed by atoms with E-state index in [1.165, 1.54) is 6.07 Å². The van der Waals surface area contributed by atoms with Crippen molar-refractivity contribution in [2.75, 3.05) is 13.1 Å². The number of aryl methyl sites for hydroxylation is 1. The molecule has 5 nitrogen and oxygen atoms in total. The van der Waals surface area contributed by atoms with Gasteiger partial charge in [0.1, 0.15) is 0 Å². The Hall–Kier alpha value is -1.99. The van der Waals surface area contributed by atoms with E-state index in [0.717, 1.165) is 24.7 Å². The van der Waals surface area contributed by atoms with Gasteiger partial charge in [0.25, 0.3) is 0 Å². The molecule has 0 spiro atoms. The number of rotatable bonds is 4. The van der Waals surface area contributed by atoms with Crippen LogP contribution in [0.2, 0.25) is 0 Å². The minimum Gasteiger partial charge on any atom is -0.351 e. The lowest BCUT2D eigenvalue weighted by molar-refractivity contribution is -0.121. The number of piperidine rings is 1. The second-order valence-electron chi connectivity index (χ2n) is 6.17. The van der Waals surface area contributed by atoms with Crippen LogP contribution in [-0.2, 0) is 11.2 Å². The van der Waals surface area contributed by atoms with Crippen molar-refractivity contribution in [3.63, 3.8) is 0 Å². The van der Waals surface area contributed by atoms with Crippen molar-refractivity contribution in [3.05, 3.63) is 52.9 Å². The Morgan fingerprint density at radius 1 is 1.32 bits per heavy atom. The number of hydrogen-bond acceptors (Lipinski definition) is 3. The number of nitrogens with zero attached hydrogens (tertiary/aromatic N) is 1. The summed E-state index contributed by atoms with van der Waals surface area (Å²) in [5, 5.41) is 13.1. The maximum absolute atomic E-state index is 13.5. The van der Waals surface area contributed by atoms with Gasteiger partial charge in [0.15, 0.2) is 11.6 Å². The highest BCUT2D eigenvalue weighted by atomic mass is 35.5. The normalized spacial score (nSPS) is 20.0. The highest BCUT2D eigenvalue weighted by molar-refractivity contribution is 5.85. The Labute approximate surface area is 151 Å². The van der Waals surface area contributed by atoms with Crippen LogP contribution in [0.3, 0.4) is 0 Å². The van der Waals surface area contributed by atoms with Crippen molar-refractivity contribution in [2.45, 2.75) is 31.7 Å². The molecule has 1 amide bonds. The molecule has 1 aliphatic rings. The van der Waals surface area contributed by atoms with Crippen molar-refractivity contribution in [2.24, 2.45) is 0 Å². The molecule has 3 N–H and O–H groups in total. The molecule has 1 aromatic carbocycles. The number of aromatic amines is 1. The number of carbonyl (C=O) groups is 1. The highest BCUT2D eigenvalue weighted by Gasteiger charge is 2.28. The number of aromatic nitrogens is 2. The van der Waals surface area contributed by atoms with Gasteiger partial charge >= 0.3 is 0 Å². The standard InChI is InChI=1S/C17H20F2N4O.ClH/c1-10-6-12(23-22-10)8-17(24)21-16-9-20-5-4-13(16)11-2-3-14(18)15(19)7-11;/h2-3,6-7,13,16,20H,4-5,8-9H2,1H3,(H,21,24)(H,22,23);1H. The van der Waals surface area contributed by atoms with E-state index in [9.17, 15) is 13.6 Å². The zero-order chi connectivity index (χ0) is 17.1. The monoisotopic (exact) mass is 370 g/mol. The van der Waals surface area contributed by atoms with Gasteiger partial charge in [0.2, 0.25) is 5.91 Å². The molecule has 0 bridgehead atoms. The smallest absolute Gasteiger partial charge is 0.226 e. The third-order valence-electron chi connectivity index (χ3n) is 4.30. The van der Waals surface area contributed by atoms with E-state index in [1.807, 2.05) is 13.0 Å². The number of halogens is 3. The highest BCUT2D eigenvalue weighted by Crippen LogP contribution is 2.27. The Morgan fingerprint density at radius 2 is 2.12 bits per heavy atom. The third kappa shape index (κ3) is 4.76. The van der Waals surface area contributed by atoms with E-state index < -0.39 is 11.6 Å². The number of hydrogen-bond donors (Lipinski definition) is 3. The van der Waals surface area contributed by atoms with E-state index in [4.69, 9.17) is 0 Å². The first-order chi connectivity index (χ1) is 11.5. The summed E-state index contributed by atoms with van der Waals surface area (Å²) in [6.45, 7) is 3.24. The van der Waals surface area contributed by atoms with Gasteiger partial charge in [-0.05, 0) is 43.7 Å². The van der Waals surface area contributed by atoms with Crippen LogP contribution < -0.4 is 10.6 Å². The van der Waals surface area contributed by atoms with E-state index in [0.29, 0.717) is 17.8 Å². The number of H-pyrrole nitrogens is 1. The number of benzene rings is 1. The maximum Gasteiger partial charge on any atom is 0.226 e. The van der Waals surface area contributed by atoms with Crippen LogP contribution in [0, 0.1) is 18.6 Å². The predicted molar refractivity (Wildman–Crippen MR) is 92.8 cm³/mol. The Morgan fingerprint density at radius 3 is 2.80 bits per heavy atom. The predicted octanol–water partition coefficient (Wildman–Crippen LogP) is 2.22. The van der Waals surface area contributed by atoms with E-state index in [1.54, 1.807) is 6.07 Å². The van der Waals surface area contributed by atoms with Gasteiger partial charge in [-0.2, -0.15) is 5.10 Å². The third-order valence-corrected chi connectivity index (χ3v) is 4.30. The Kier molecular flexibility index (Phi) is 6.50. The SMILES string of the molecule is Cc1cc(CC(=O)NC2CNCCC2c2ccc(F)c(F)c2)n[nH]1.Cl. The van der Waals surface area contributed by atoms with Gasteiger partial charge in [0, 0.05) is 24.2 Å². The lowest BCUT2D eigenvalue weighted by Gasteiger charge is -2.33. The maximum atomic E-state index is 13.5. The van der Waals surface area contributed by atoms with Crippen LogP contribution in [0.25, 0.3) is 0 Å². The van der Waals surface area contributed by atoms with Crippen LogP contribution in [-0.4, -0.2) is 35.2 Å². The molecule has 2 aromatic rings. The van der Waals surface area contributed by atoms with Crippen LogP contribution in [0.5, 0.6) is 0 Å². The minimum atomic E-state index is -0.859. The molecule has 1 fully saturated rings. The van der Waals surface area contributed by atoms with Crippen molar-refractivity contribution < 1.29 is 13.6 Å². The van der Waals surface area contributed by atoms with Gasteiger partial charge in [-0.1, -0.05) is 6.07 Å². The number of carbonyl (C=O) groups excluding carboxylic acids is 1. The largest absolute Gasteiger partial charge is 0.351 e. The molecule has 136 valence electrons. The number of nitrogens with one attached hydrogen (secondary N) is 3. The summed E-state index contributed by atoms with van der Waals surface area (Å²) >= 11 is 0. The minimum absolute atomic E-state index is 0. The molecule has 2 unspecified atom stereocenters. The van der Waals surface area contributed by atoms with E-state index >= 15 is 0 Å². The van der Waals surface area contributed by atoms with E-state index in [-0.39, 0.29) is 36.7 Å². The van der Waals surface area contributed by atoms with Crippen molar-refractivity contribution in [1.82, 2.24) is 20.8 Å². The topological polar surface area (TPSA) is 69.8 Å². The Balaban J connectivity index is 0.00000225. The van der Waals surface area contributed by atoms with Gasteiger partial charge in [-0.15, -0.1) is 12.4 Å². The Bertz CT molecular complexity index is 737. The fraction of sp³-hybridized carbons (Fsp3) is 0.412. The fourth-order valence-electron chi connectivity index (χ4n) is 3.14. The van der Waals surface area contributed by atoms with Crippen LogP contribution in [0.1, 0.15) is 29.3 Å². The molecule has 0 saturated carbocycles. The molecule has 8 heteroatoms. The van der Waals surface area contributed by atoms with Gasteiger partial charge < -0.3 is 10.6 Å². The van der Waals surface area contributed by atoms with Crippen LogP contribution in [0.15, 0.2) is 24.3 Å². The van der Waals surface area contributed by atoms with Crippen molar-refractivity contribution in [3.8, 4) is 0 Å². The quantitative estimate of drug-likeness (QED) is 0.773. The van der Waals surface area contributed by atoms with E-state index in [2.05, 4.69) is 20.8 Å². The second-order valence-corrected chi connectivity index (χ2v) is 6.17. The summed E-state index contributed by atoms with van der Waals surface area (Å²) in [5.74, 6) is -1.90. The molecule has 2 atom stereocenters. The molecule has 25 heavy (non-hydrogen) atoms. The second kappa shape index (κ2) is 8.40. The van der Waals surface area contributed by atoms with Crippen LogP contribution in [0.4, 0.5) is 8.78 Å². The first-order valence-corrected chi connectivity index (χ1v) is 7.99. The van der Waals surface area contributed by atoms with Gasteiger partial charge in [-0.3, -0.25) is 9.89 Å². The molecule has 3 rings (SSSR count). The van der Waals surface area contributed by atoms with Crippen LogP contribution >= 0.6 is 12.4 Å². The first-order valence-electron chi connectivity index (χ1n) is 7.99. The van der Waals surface area contributed by atoms with Gasteiger partial charge in [0.05, 0.1) is 12.1 Å².